The van der Waals surface area contributed by atoms with Crippen molar-refractivity contribution in [2.45, 2.75) is 24.5 Å². The van der Waals surface area contributed by atoms with E-state index in [1.165, 1.54) is 12.1 Å². The second-order valence-corrected chi connectivity index (χ2v) is 8.77. The van der Waals surface area contributed by atoms with Crippen LogP contribution in [0.25, 0.3) is 0 Å². The van der Waals surface area contributed by atoms with E-state index in [4.69, 9.17) is 9.94 Å². The van der Waals surface area contributed by atoms with Crippen molar-refractivity contribution in [3.63, 3.8) is 0 Å². The van der Waals surface area contributed by atoms with Crippen molar-refractivity contribution < 1.29 is 23.2 Å². The van der Waals surface area contributed by atoms with E-state index in [-0.39, 0.29) is 18.0 Å². The van der Waals surface area contributed by atoms with Crippen molar-refractivity contribution in [1.29, 1.82) is 0 Å². The van der Waals surface area contributed by atoms with Crippen molar-refractivity contribution in [1.82, 2.24) is 19.7 Å². The number of amides is 1. The van der Waals surface area contributed by atoms with Gasteiger partial charge in [0.25, 0.3) is 5.91 Å². The molecule has 1 unspecified atom stereocenters. The second-order valence-electron chi connectivity index (χ2n) is 6.88. The van der Waals surface area contributed by atoms with Crippen molar-refractivity contribution in [2.75, 3.05) is 26.7 Å². The Morgan fingerprint density at radius 3 is 2.66 bits per heavy atom. The van der Waals surface area contributed by atoms with Crippen LogP contribution in [-0.2, 0) is 21.4 Å². The Kier molecular flexibility index (Phi) is 6.48. The maximum atomic E-state index is 13.1. The van der Waals surface area contributed by atoms with E-state index in [9.17, 15) is 13.2 Å². The number of benzene rings is 1. The second kappa shape index (κ2) is 8.87. The van der Waals surface area contributed by atoms with Crippen LogP contribution in [0.5, 0.6) is 5.75 Å². The highest BCUT2D eigenvalue weighted by Gasteiger charge is 2.39. The van der Waals surface area contributed by atoms with Crippen LogP contribution in [0.3, 0.4) is 0 Å². The number of hydrogen-bond donors (Lipinski definition) is 2. The minimum Gasteiger partial charge on any atom is -0.489 e. The molecule has 1 fully saturated rings. The Balaban J connectivity index is 1.75. The fraction of sp³-hybridized carbons (Fsp3) is 0.368. The fourth-order valence-electron chi connectivity index (χ4n) is 3.15. The highest BCUT2D eigenvalue weighted by molar-refractivity contribution is 7.89. The SMILES string of the molecule is Cc1ncccc1COc1ccc(S(=O)(=O)N2CCN(C)CC2C(=O)NO)cc1. The van der Waals surface area contributed by atoms with Gasteiger partial charge in [-0.1, -0.05) is 6.07 Å². The lowest BCUT2D eigenvalue weighted by Gasteiger charge is -2.37. The van der Waals surface area contributed by atoms with E-state index in [1.807, 2.05) is 24.0 Å². The van der Waals surface area contributed by atoms with Gasteiger partial charge in [0, 0.05) is 37.1 Å². The molecule has 2 heterocycles. The van der Waals surface area contributed by atoms with Crippen LogP contribution in [0.15, 0.2) is 47.5 Å². The first-order valence-corrected chi connectivity index (χ1v) is 10.5. The third kappa shape index (κ3) is 4.73. The quantitative estimate of drug-likeness (QED) is 0.525. The lowest BCUT2D eigenvalue weighted by atomic mass is 10.2. The van der Waals surface area contributed by atoms with E-state index in [0.29, 0.717) is 18.9 Å². The summed E-state index contributed by atoms with van der Waals surface area (Å²) in [7, 11) is -2.12. The monoisotopic (exact) mass is 420 g/mol. The summed E-state index contributed by atoms with van der Waals surface area (Å²) in [5, 5.41) is 8.98. The molecule has 1 aromatic heterocycles. The molecular formula is C19H24N4O5S. The van der Waals surface area contributed by atoms with Gasteiger partial charge in [-0.3, -0.25) is 15.0 Å². The molecule has 156 valence electrons. The number of aromatic nitrogens is 1. The normalized spacial score (nSPS) is 18.4. The minimum atomic E-state index is -3.91. The van der Waals surface area contributed by atoms with E-state index in [2.05, 4.69) is 4.98 Å². The maximum Gasteiger partial charge on any atom is 0.263 e. The Bertz CT molecular complexity index is 965. The van der Waals surface area contributed by atoms with E-state index < -0.39 is 22.0 Å². The smallest absolute Gasteiger partial charge is 0.263 e. The zero-order chi connectivity index (χ0) is 21.0. The Labute approximate surface area is 169 Å². The van der Waals surface area contributed by atoms with Gasteiger partial charge in [0.1, 0.15) is 18.4 Å². The molecule has 1 aliphatic heterocycles. The average Bonchev–Trinajstić information content (AvgIpc) is 2.72. The summed E-state index contributed by atoms with van der Waals surface area (Å²) < 4.78 is 33.0. The van der Waals surface area contributed by atoms with Gasteiger partial charge in [-0.05, 0) is 44.3 Å². The molecule has 1 amide bonds. The third-order valence-electron chi connectivity index (χ3n) is 4.89. The summed E-state index contributed by atoms with van der Waals surface area (Å²) >= 11 is 0. The predicted octanol–water partition coefficient (Wildman–Crippen LogP) is 0.779. The van der Waals surface area contributed by atoms with Crippen LogP contribution in [0, 0.1) is 6.92 Å². The average molecular weight is 420 g/mol. The molecule has 1 aromatic carbocycles. The fourth-order valence-corrected chi connectivity index (χ4v) is 4.72. The number of nitrogens with one attached hydrogen (secondary N) is 1. The molecule has 29 heavy (non-hydrogen) atoms. The lowest BCUT2D eigenvalue weighted by Crippen LogP contribution is -2.59. The van der Waals surface area contributed by atoms with E-state index in [1.54, 1.807) is 30.9 Å². The number of carbonyl (C=O) groups is 1. The van der Waals surface area contributed by atoms with Gasteiger partial charge >= 0.3 is 0 Å². The number of carbonyl (C=O) groups excluding carboxylic acids is 1. The van der Waals surface area contributed by atoms with Gasteiger partial charge in [0.2, 0.25) is 10.0 Å². The highest BCUT2D eigenvalue weighted by atomic mass is 32.2. The van der Waals surface area contributed by atoms with Crippen LogP contribution in [0.2, 0.25) is 0 Å². The number of sulfonamides is 1. The highest BCUT2D eigenvalue weighted by Crippen LogP contribution is 2.24. The Hall–Kier alpha value is -2.53. The number of hydrogen-bond acceptors (Lipinski definition) is 7. The van der Waals surface area contributed by atoms with Crippen molar-refractivity contribution >= 4 is 15.9 Å². The molecule has 9 nitrogen and oxygen atoms in total. The van der Waals surface area contributed by atoms with Gasteiger partial charge in [-0.15, -0.1) is 0 Å². The van der Waals surface area contributed by atoms with Crippen LogP contribution in [-0.4, -0.2) is 66.4 Å². The first-order valence-electron chi connectivity index (χ1n) is 9.10. The summed E-state index contributed by atoms with van der Waals surface area (Å²) in [4.78, 5) is 18.1. The number of nitrogens with zero attached hydrogens (tertiary/aromatic N) is 3. The summed E-state index contributed by atoms with van der Waals surface area (Å²) in [5.74, 6) is -0.234. The summed E-state index contributed by atoms with van der Waals surface area (Å²) in [6.45, 7) is 3.04. The summed E-state index contributed by atoms with van der Waals surface area (Å²) in [6, 6.07) is 8.80. The molecule has 1 atom stereocenters. The molecule has 3 rings (SSSR count). The Morgan fingerprint density at radius 1 is 1.28 bits per heavy atom. The summed E-state index contributed by atoms with van der Waals surface area (Å²) in [6.07, 6.45) is 1.71. The largest absolute Gasteiger partial charge is 0.489 e. The zero-order valence-corrected chi connectivity index (χ0v) is 17.1. The number of piperazine rings is 1. The maximum absolute atomic E-state index is 13.1. The van der Waals surface area contributed by atoms with Crippen molar-refractivity contribution in [3.05, 3.63) is 53.9 Å². The number of aryl methyl sites for hydroxylation is 1. The number of likely N-dealkylation sites (N-methyl/N-ethyl adjacent to an activating group) is 1. The van der Waals surface area contributed by atoms with Crippen LogP contribution >= 0.6 is 0 Å². The van der Waals surface area contributed by atoms with Crippen LogP contribution < -0.4 is 10.2 Å². The molecular weight excluding hydrogens is 396 g/mol. The van der Waals surface area contributed by atoms with Crippen LogP contribution in [0.4, 0.5) is 0 Å². The number of ether oxygens (including phenoxy) is 1. The van der Waals surface area contributed by atoms with Gasteiger partial charge in [-0.25, -0.2) is 13.9 Å². The third-order valence-corrected chi connectivity index (χ3v) is 6.81. The van der Waals surface area contributed by atoms with E-state index >= 15 is 0 Å². The standard InChI is InChI=1S/C19H24N4O5S/c1-14-15(4-3-9-20-14)13-28-16-5-7-17(8-6-16)29(26,27)23-11-10-22(2)12-18(23)19(24)21-25/h3-9,18,25H,10-13H2,1-2H3,(H,21,24). The molecule has 0 bridgehead atoms. The number of rotatable bonds is 6. The number of pyridine rings is 1. The molecule has 0 spiro atoms. The molecule has 2 N–H and O–H groups in total. The topological polar surface area (TPSA) is 112 Å². The van der Waals surface area contributed by atoms with Gasteiger partial charge in [0.05, 0.1) is 4.90 Å². The molecule has 1 aliphatic rings. The van der Waals surface area contributed by atoms with E-state index in [0.717, 1.165) is 15.6 Å². The Morgan fingerprint density at radius 2 is 2.00 bits per heavy atom. The minimum absolute atomic E-state index is 0.0581. The molecule has 0 aliphatic carbocycles. The first-order chi connectivity index (χ1) is 13.8. The zero-order valence-electron chi connectivity index (χ0n) is 16.3. The molecule has 0 radical (unpaired) electrons. The predicted molar refractivity (Wildman–Crippen MR) is 105 cm³/mol. The summed E-state index contributed by atoms with van der Waals surface area (Å²) in [5.41, 5.74) is 3.37. The molecule has 2 aromatic rings. The van der Waals surface area contributed by atoms with Crippen molar-refractivity contribution in [3.8, 4) is 5.75 Å². The van der Waals surface area contributed by atoms with Gasteiger partial charge in [-0.2, -0.15) is 4.31 Å². The first kappa shape index (κ1) is 21.2. The molecule has 1 saturated heterocycles. The number of hydroxylamine groups is 1. The van der Waals surface area contributed by atoms with Gasteiger partial charge in [0.15, 0.2) is 0 Å². The molecule has 0 saturated carbocycles. The van der Waals surface area contributed by atoms with Gasteiger partial charge < -0.3 is 9.64 Å². The van der Waals surface area contributed by atoms with Crippen molar-refractivity contribution in [2.24, 2.45) is 0 Å². The van der Waals surface area contributed by atoms with Crippen LogP contribution in [0.1, 0.15) is 11.3 Å². The lowest BCUT2D eigenvalue weighted by molar-refractivity contribution is -0.134. The molecule has 10 heteroatoms.